The zero-order valence-electron chi connectivity index (χ0n) is 8.41. The number of halogens is 1. The molecule has 0 saturated heterocycles. The Labute approximate surface area is 90.4 Å². The Balaban J connectivity index is 0.000000980. The van der Waals surface area contributed by atoms with Crippen LogP contribution < -0.4 is 4.74 Å². The Morgan fingerprint density at radius 3 is 2.86 bits per heavy atom. The molecule has 1 aromatic carbocycles. The lowest BCUT2D eigenvalue weighted by Crippen LogP contribution is -2.05. The first-order chi connectivity index (χ1) is 6.33. The molecule has 1 aromatic rings. The SMILES string of the molecule is COc1c(C)ccc2c1C=NCC2.Cl. The molecule has 1 aliphatic heterocycles. The number of hydrogen-bond donors (Lipinski definition) is 0. The minimum absolute atomic E-state index is 0. The molecule has 0 N–H and O–H groups in total. The minimum atomic E-state index is 0. The van der Waals surface area contributed by atoms with Crippen LogP contribution in [0.15, 0.2) is 17.1 Å². The van der Waals surface area contributed by atoms with Crippen molar-refractivity contribution in [2.45, 2.75) is 13.3 Å². The minimum Gasteiger partial charge on any atom is -0.496 e. The topological polar surface area (TPSA) is 21.6 Å². The average molecular weight is 212 g/mol. The highest BCUT2D eigenvalue weighted by Crippen LogP contribution is 2.27. The summed E-state index contributed by atoms with van der Waals surface area (Å²) in [5.74, 6) is 0.973. The van der Waals surface area contributed by atoms with Crippen LogP contribution in [0.1, 0.15) is 16.7 Å². The van der Waals surface area contributed by atoms with E-state index in [1.165, 1.54) is 11.1 Å². The molecule has 2 rings (SSSR count). The normalized spacial score (nSPS) is 13.0. The van der Waals surface area contributed by atoms with Crippen molar-refractivity contribution in [3.63, 3.8) is 0 Å². The molecule has 0 amide bonds. The van der Waals surface area contributed by atoms with Gasteiger partial charge in [-0.05, 0) is 24.5 Å². The lowest BCUT2D eigenvalue weighted by atomic mass is 9.99. The molecule has 3 heteroatoms. The van der Waals surface area contributed by atoms with Crippen molar-refractivity contribution in [3.8, 4) is 5.75 Å². The number of hydrogen-bond acceptors (Lipinski definition) is 2. The van der Waals surface area contributed by atoms with Crippen LogP contribution in [-0.2, 0) is 6.42 Å². The van der Waals surface area contributed by atoms with Crippen LogP contribution in [0.2, 0.25) is 0 Å². The molecule has 1 aliphatic rings. The monoisotopic (exact) mass is 211 g/mol. The fourth-order valence-electron chi connectivity index (χ4n) is 1.72. The fourth-order valence-corrected chi connectivity index (χ4v) is 1.72. The zero-order chi connectivity index (χ0) is 9.26. The zero-order valence-corrected chi connectivity index (χ0v) is 9.23. The van der Waals surface area contributed by atoms with Crippen molar-refractivity contribution in [3.05, 3.63) is 28.8 Å². The van der Waals surface area contributed by atoms with E-state index in [-0.39, 0.29) is 12.4 Å². The van der Waals surface area contributed by atoms with Crippen LogP contribution in [0, 0.1) is 6.92 Å². The highest BCUT2D eigenvalue weighted by Gasteiger charge is 2.12. The lowest BCUT2D eigenvalue weighted by Gasteiger charge is -2.15. The molecule has 0 saturated carbocycles. The van der Waals surface area contributed by atoms with E-state index in [4.69, 9.17) is 4.74 Å². The molecule has 76 valence electrons. The van der Waals surface area contributed by atoms with Crippen LogP contribution in [0.5, 0.6) is 5.75 Å². The number of ether oxygens (including phenoxy) is 1. The number of aryl methyl sites for hydroxylation is 1. The summed E-state index contributed by atoms with van der Waals surface area (Å²) in [6, 6.07) is 4.27. The second-order valence-electron chi connectivity index (χ2n) is 3.27. The molecular formula is C11H14ClNO. The van der Waals surface area contributed by atoms with Crippen molar-refractivity contribution in [1.82, 2.24) is 0 Å². The van der Waals surface area contributed by atoms with Gasteiger partial charge in [0, 0.05) is 18.3 Å². The van der Waals surface area contributed by atoms with Crippen molar-refractivity contribution in [1.29, 1.82) is 0 Å². The average Bonchev–Trinajstić information content (AvgIpc) is 2.18. The van der Waals surface area contributed by atoms with Gasteiger partial charge in [0.05, 0.1) is 7.11 Å². The van der Waals surface area contributed by atoms with Gasteiger partial charge >= 0.3 is 0 Å². The van der Waals surface area contributed by atoms with Gasteiger partial charge in [0.15, 0.2) is 0 Å². The quantitative estimate of drug-likeness (QED) is 0.699. The molecule has 0 fully saturated rings. The molecule has 0 atom stereocenters. The van der Waals surface area contributed by atoms with E-state index in [1.54, 1.807) is 7.11 Å². The van der Waals surface area contributed by atoms with Gasteiger partial charge in [0.1, 0.15) is 5.75 Å². The fraction of sp³-hybridized carbons (Fsp3) is 0.364. The predicted octanol–water partition coefficient (Wildman–Crippen LogP) is 2.40. The van der Waals surface area contributed by atoms with E-state index in [9.17, 15) is 0 Å². The second-order valence-corrected chi connectivity index (χ2v) is 3.27. The Bertz CT molecular complexity index is 361. The van der Waals surface area contributed by atoms with Crippen molar-refractivity contribution >= 4 is 18.6 Å². The standard InChI is InChI=1S/C11H13NO.ClH/c1-8-3-4-9-5-6-12-7-10(9)11(8)13-2;/h3-4,7H,5-6H2,1-2H3;1H. The van der Waals surface area contributed by atoms with Gasteiger partial charge in [0.2, 0.25) is 0 Å². The number of rotatable bonds is 1. The van der Waals surface area contributed by atoms with Crippen LogP contribution in [0.25, 0.3) is 0 Å². The Morgan fingerprint density at radius 2 is 2.14 bits per heavy atom. The van der Waals surface area contributed by atoms with E-state index >= 15 is 0 Å². The first-order valence-corrected chi connectivity index (χ1v) is 4.49. The van der Waals surface area contributed by atoms with E-state index < -0.39 is 0 Å². The molecule has 0 aliphatic carbocycles. The third kappa shape index (κ3) is 1.75. The van der Waals surface area contributed by atoms with Gasteiger partial charge in [-0.3, -0.25) is 4.99 Å². The number of nitrogens with zero attached hydrogens (tertiary/aromatic N) is 1. The van der Waals surface area contributed by atoms with Crippen molar-refractivity contribution < 1.29 is 4.74 Å². The summed E-state index contributed by atoms with van der Waals surface area (Å²) >= 11 is 0. The molecule has 0 aromatic heterocycles. The predicted molar refractivity (Wildman–Crippen MR) is 61.1 cm³/mol. The summed E-state index contributed by atoms with van der Waals surface area (Å²) in [7, 11) is 1.71. The van der Waals surface area contributed by atoms with Gasteiger partial charge in [-0.15, -0.1) is 12.4 Å². The van der Waals surface area contributed by atoms with Crippen molar-refractivity contribution in [2.24, 2.45) is 4.99 Å². The molecule has 0 bridgehead atoms. The summed E-state index contributed by atoms with van der Waals surface area (Å²) in [5, 5.41) is 0. The van der Waals surface area contributed by atoms with E-state index in [0.717, 1.165) is 24.3 Å². The number of fused-ring (bicyclic) bond motifs is 1. The Morgan fingerprint density at radius 1 is 1.36 bits per heavy atom. The molecule has 0 spiro atoms. The van der Waals surface area contributed by atoms with Crippen LogP contribution >= 0.6 is 12.4 Å². The molecule has 1 heterocycles. The Hall–Kier alpha value is -1.02. The van der Waals surface area contributed by atoms with Gasteiger partial charge in [-0.25, -0.2) is 0 Å². The van der Waals surface area contributed by atoms with Gasteiger partial charge in [0.25, 0.3) is 0 Å². The van der Waals surface area contributed by atoms with Crippen molar-refractivity contribution in [2.75, 3.05) is 13.7 Å². The van der Waals surface area contributed by atoms with Crippen LogP contribution in [0.4, 0.5) is 0 Å². The van der Waals surface area contributed by atoms with E-state index in [0.29, 0.717) is 0 Å². The first-order valence-electron chi connectivity index (χ1n) is 4.49. The second kappa shape index (κ2) is 4.47. The van der Waals surface area contributed by atoms with Crippen LogP contribution in [-0.4, -0.2) is 19.9 Å². The molecule has 0 unspecified atom stereocenters. The molecule has 0 radical (unpaired) electrons. The van der Waals surface area contributed by atoms with Gasteiger partial charge < -0.3 is 4.74 Å². The maximum Gasteiger partial charge on any atom is 0.130 e. The third-order valence-electron chi connectivity index (χ3n) is 2.42. The highest BCUT2D eigenvalue weighted by atomic mass is 35.5. The third-order valence-corrected chi connectivity index (χ3v) is 2.42. The summed E-state index contributed by atoms with van der Waals surface area (Å²) < 4.78 is 5.35. The number of benzene rings is 1. The number of methoxy groups -OCH3 is 1. The summed E-state index contributed by atoms with van der Waals surface area (Å²) in [6.45, 7) is 2.96. The highest BCUT2D eigenvalue weighted by molar-refractivity contribution is 5.87. The maximum absolute atomic E-state index is 5.35. The molecular weight excluding hydrogens is 198 g/mol. The first kappa shape index (κ1) is 11.1. The summed E-state index contributed by atoms with van der Waals surface area (Å²) in [5.41, 5.74) is 3.68. The molecule has 14 heavy (non-hydrogen) atoms. The molecule has 2 nitrogen and oxygen atoms in total. The van der Waals surface area contributed by atoms with E-state index in [2.05, 4.69) is 24.0 Å². The van der Waals surface area contributed by atoms with Crippen LogP contribution in [0.3, 0.4) is 0 Å². The largest absolute Gasteiger partial charge is 0.496 e. The van der Waals surface area contributed by atoms with E-state index in [1.807, 2.05) is 6.21 Å². The lowest BCUT2D eigenvalue weighted by molar-refractivity contribution is 0.410. The summed E-state index contributed by atoms with van der Waals surface area (Å²) in [4.78, 5) is 4.26. The van der Waals surface area contributed by atoms with Gasteiger partial charge in [-0.1, -0.05) is 12.1 Å². The Kier molecular flexibility index (Phi) is 3.53. The maximum atomic E-state index is 5.35. The van der Waals surface area contributed by atoms with Gasteiger partial charge in [-0.2, -0.15) is 0 Å². The smallest absolute Gasteiger partial charge is 0.130 e. The summed E-state index contributed by atoms with van der Waals surface area (Å²) in [6.07, 6.45) is 2.95. The number of aliphatic imine (C=N–C) groups is 1.